The van der Waals surface area contributed by atoms with Crippen molar-refractivity contribution in [3.63, 3.8) is 0 Å². The number of carbonyl (C=O) groups is 2. The van der Waals surface area contributed by atoms with Crippen molar-refractivity contribution in [3.8, 4) is 5.95 Å². The molecule has 1 amide bonds. The van der Waals surface area contributed by atoms with Gasteiger partial charge < -0.3 is 10.4 Å². The number of aromatic nitrogens is 4. The normalized spacial score (nSPS) is 10.9. The van der Waals surface area contributed by atoms with E-state index < -0.39 is 11.9 Å². The number of carboxylic acid groups (broad SMARTS) is 1. The van der Waals surface area contributed by atoms with E-state index in [1.807, 2.05) is 6.92 Å². The van der Waals surface area contributed by atoms with Crippen LogP contribution in [0.5, 0.6) is 0 Å². The molecule has 0 radical (unpaired) electrons. The zero-order valence-corrected chi connectivity index (χ0v) is 12.5. The van der Waals surface area contributed by atoms with Gasteiger partial charge in [-0.2, -0.15) is 9.78 Å². The molecule has 9 heteroatoms. The third-order valence-corrected chi connectivity index (χ3v) is 2.81. The van der Waals surface area contributed by atoms with Gasteiger partial charge in [-0.3, -0.25) is 14.6 Å². The zero-order chi connectivity index (χ0) is 17.0. The Labute approximate surface area is 130 Å². The smallest absolute Gasteiger partial charge is 0.328 e. The van der Waals surface area contributed by atoms with E-state index in [0.29, 0.717) is 17.8 Å². The highest BCUT2D eigenvalue weighted by molar-refractivity contribution is 6.01. The molecule has 0 unspecified atom stereocenters. The topological polar surface area (TPSA) is 130 Å². The lowest BCUT2D eigenvalue weighted by Gasteiger charge is -2.07. The van der Waals surface area contributed by atoms with E-state index in [0.717, 1.165) is 12.2 Å². The first-order chi connectivity index (χ1) is 10.9. The van der Waals surface area contributed by atoms with Crippen LogP contribution in [-0.2, 0) is 16.0 Å². The number of anilines is 1. The summed E-state index contributed by atoms with van der Waals surface area (Å²) in [7, 11) is 0. The van der Waals surface area contributed by atoms with Crippen molar-refractivity contribution < 1.29 is 14.7 Å². The van der Waals surface area contributed by atoms with Gasteiger partial charge in [0.15, 0.2) is 0 Å². The number of aliphatic carboxylic acids is 1. The quantitative estimate of drug-likeness (QED) is 0.685. The van der Waals surface area contributed by atoms with Crippen molar-refractivity contribution in [2.24, 2.45) is 0 Å². The Morgan fingerprint density at radius 3 is 2.78 bits per heavy atom. The predicted octanol–water partition coefficient (Wildman–Crippen LogP) is 0.406. The molecule has 0 aliphatic carbocycles. The summed E-state index contributed by atoms with van der Waals surface area (Å²) in [6.45, 7) is 3.57. The molecule has 9 nitrogen and oxygen atoms in total. The molecular weight excluding hydrogens is 302 g/mol. The molecule has 2 rings (SSSR count). The molecule has 0 fully saturated rings. The summed E-state index contributed by atoms with van der Waals surface area (Å²) in [6, 6.07) is 2.96. The number of amides is 1. The lowest BCUT2D eigenvalue weighted by molar-refractivity contribution is -0.131. The number of carboxylic acids is 1. The number of carbonyl (C=O) groups excluding carboxylic acids is 1. The van der Waals surface area contributed by atoms with Crippen LogP contribution in [0.3, 0.4) is 0 Å². The molecule has 0 atom stereocenters. The molecular formula is C14H15N5O4. The van der Waals surface area contributed by atoms with Crippen LogP contribution in [-0.4, -0.2) is 36.7 Å². The first-order valence-corrected chi connectivity index (χ1v) is 6.78. The molecule has 0 spiro atoms. The predicted molar refractivity (Wildman–Crippen MR) is 81.5 cm³/mol. The van der Waals surface area contributed by atoms with E-state index in [-0.39, 0.29) is 17.3 Å². The van der Waals surface area contributed by atoms with Crippen molar-refractivity contribution >= 4 is 17.7 Å². The van der Waals surface area contributed by atoms with E-state index in [1.165, 1.54) is 10.7 Å². The minimum Gasteiger partial charge on any atom is -0.478 e. The van der Waals surface area contributed by atoms with E-state index in [1.54, 1.807) is 13.0 Å². The summed E-state index contributed by atoms with van der Waals surface area (Å²) in [4.78, 5) is 40.6. The van der Waals surface area contributed by atoms with Gasteiger partial charge in [0.1, 0.15) is 5.82 Å². The van der Waals surface area contributed by atoms with Crippen molar-refractivity contribution in [2.45, 2.75) is 20.3 Å². The average Bonchev–Trinajstić information content (AvgIpc) is 2.85. The molecule has 2 aromatic heterocycles. The van der Waals surface area contributed by atoms with Gasteiger partial charge in [-0.05, 0) is 13.3 Å². The van der Waals surface area contributed by atoms with Crippen molar-refractivity contribution in [1.29, 1.82) is 0 Å². The number of nitrogens with zero attached hydrogens (tertiary/aromatic N) is 3. The van der Waals surface area contributed by atoms with E-state index in [4.69, 9.17) is 5.11 Å². The van der Waals surface area contributed by atoms with Gasteiger partial charge in [0.05, 0.1) is 5.69 Å². The number of H-pyrrole nitrogens is 1. The lowest BCUT2D eigenvalue weighted by atomic mass is 10.3. The first kappa shape index (κ1) is 16.1. The third-order valence-electron chi connectivity index (χ3n) is 2.81. The molecule has 0 aromatic carbocycles. The lowest BCUT2D eigenvalue weighted by Crippen LogP contribution is -2.18. The second-order valence-electron chi connectivity index (χ2n) is 4.66. The summed E-state index contributed by atoms with van der Waals surface area (Å²) in [5.74, 6) is -1.44. The molecule has 2 heterocycles. The van der Waals surface area contributed by atoms with Crippen LogP contribution < -0.4 is 10.9 Å². The zero-order valence-electron chi connectivity index (χ0n) is 12.5. The Kier molecular flexibility index (Phi) is 4.69. The maximum absolute atomic E-state index is 11.7. The highest BCUT2D eigenvalue weighted by Crippen LogP contribution is 2.14. The maximum Gasteiger partial charge on any atom is 0.328 e. The van der Waals surface area contributed by atoms with Crippen molar-refractivity contribution in [2.75, 3.05) is 5.32 Å². The SMILES string of the molecule is CCc1cc(=O)[nH]c(-n2nc(C)cc2NC(=O)/C=C/C(=O)O)n1. The molecule has 23 heavy (non-hydrogen) atoms. The van der Waals surface area contributed by atoms with E-state index >= 15 is 0 Å². The van der Waals surface area contributed by atoms with Gasteiger partial charge in [-0.1, -0.05) is 6.92 Å². The van der Waals surface area contributed by atoms with Crippen molar-refractivity contribution in [3.05, 3.63) is 46.0 Å². The van der Waals surface area contributed by atoms with Gasteiger partial charge in [-0.15, -0.1) is 0 Å². The highest BCUT2D eigenvalue weighted by Gasteiger charge is 2.12. The largest absolute Gasteiger partial charge is 0.478 e. The maximum atomic E-state index is 11.7. The summed E-state index contributed by atoms with van der Waals surface area (Å²) in [6.07, 6.45) is 2.18. The minimum absolute atomic E-state index is 0.167. The fraction of sp³-hybridized carbons (Fsp3) is 0.214. The van der Waals surface area contributed by atoms with Gasteiger partial charge in [0.25, 0.3) is 5.56 Å². The Morgan fingerprint density at radius 1 is 1.39 bits per heavy atom. The number of hydrogen-bond donors (Lipinski definition) is 3. The Bertz CT molecular complexity index is 834. The summed E-state index contributed by atoms with van der Waals surface area (Å²) < 4.78 is 1.28. The molecule has 0 bridgehead atoms. The Morgan fingerprint density at radius 2 is 2.13 bits per heavy atom. The molecule has 2 aromatic rings. The van der Waals surface area contributed by atoms with Crippen LogP contribution in [0.15, 0.2) is 29.1 Å². The number of rotatable bonds is 5. The number of aryl methyl sites for hydroxylation is 2. The standard InChI is InChI=1S/C14H15N5O4/c1-3-9-7-12(21)17-14(15-9)19-10(6-8(2)18-19)16-11(20)4-5-13(22)23/h4-7H,3H2,1-2H3,(H,16,20)(H,22,23)(H,15,17,21)/b5-4+. The third kappa shape index (κ3) is 4.13. The van der Waals surface area contributed by atoms with Gasteiger partial charge in [-0.25, -0.2) is 9.78 Å². The second-order valence-corrected chi connectivity index (χ2v) is 4.66. The van der Waals surface area contributed by atoms with Crippen molar-refractivity contribution in [1.82, 2.24) is 19.7 Å². The molecule has 0 saturated carbocycles. The Balaban J connectivity index is 2.38. The molecule has 3 N–H and O–H groups in total. The molecule has 0 saturated heterocycles. The Hall–Kier alpha value is -3.23. The second kappa shape index (κ2) is 6.69. The van der Waals surface area contributed by atoms with Crippen LogP contribution in [0.1, 0.15) is 18.3 Å². The van der Waals surface area contributed by atoms with E-state index in [9.17, 15) is 14.4 Å². The van der Waals surface area contributed by atoms with Crippen LogP contribution in [0, 0.1) is 6.92 Å². The summed E-state index contributed by atoms with van der Waals surface area (Å²) in [5, 5.41) is 15.2. The number of aromatic amines is 1. The fourth-order valence-electron chi connectivity index (χ4n) is 1.84. The van der Waals surface area contributed by atoms with E-state index in [2.05, 4.69) is 20.4 Å². The highest BCUT2D eigenvalue weighted by atomic mass is 16.4. The molecule has 0 aliphatic rings. The summed E-state index contributed by atoms with van der Waals surface area (Å²) >= 11 is 0. The summed E-state index contributed by atoms with van der Waals surface area (Å²) in [5.41, 5.74) is 0.843. The van der Waals surface area contributed by atoms with Crippen LogP contribution in [0.4, 0.5) is 5.82 Å². The minimum atomic E-state index is -1.23. The fourth-order valence-corrected chi connectivity index (χ4v) is 1.84. The average molecular weight is 317 g/mol. The van der Waals surface area contributed by atoms with Gasteiger partial charge in [0.2, 0.25) is 11.9 Å². The van der Waals surface area contributed by atoms with Crippen LogP contribution >= 0.6 is 0 Å². The number of hydrogen-bond acceptors (Lipinski definition) is 5. The van der Waals surface area contributed by atoms with Gasteiger partial charge >= 0.3 is 5.97 Å². The van der Waals surface area contributed by atoms with Gasteiger partial charge in [0, 0.05) is 30.0 Å². The van der Waals surface area contributed by atoms with Crippen LogP contribution in [0.2, 0.25) is 0 Å². The van der Waals surface area contributed by atoms with Crippen LogP contribution in [0.25, 0.3) is 5.95 Å². The molecule has 120 valence electrons. The molecule has 0 aliphatic heterocycles. The monoisotopic (exact) mass is 317 g/mol. The first-order valence-electron chi connectivity index (χ1n) is 6.78. The number of nitrogens with one attached hydrogen (secondary N) is 2.